The van der Waals surface area contributed by atoms with Crippen LogP contribution in [0.2, 0.25) is 5.02 Å². The maximum atomic E-state index is 11.6. The van der Waals surface area contributed by atoms with Crippen molar-refractivity contribution in [3.63, 3.8) is 0 Å². The van der Waals surface area contributed by atoms with Crippen molar-refractivity contribution < 1.29 is 9.21 Å². The third-order valence-electron chi connectivity index (χ3n) is 4.25. The molecule has 0 radical (unpaired) electrons. The number of anilines is 1. The lowest BCUT2D eigenvalue weighted by atomic mass is 9.88. The Labute approximate surface area is 128 Å². The monoisotopic (exact) mass is 306 g/mol. The van der Waals surface area contributed by atoms with Crippen molar-refractivity contribution in [2.75, 3.05) is 18.4 Å². The van der Waals surface area contributed by atoms with Crippen LogP contribution in [0.4, 0.5) is 5.69 Å². The van der Waals surface area contributed by atoms with E-state index in [1.807, 2.05) is 19.1 Å². The van der Waals surface area contributed by atoms with E-state index < -0.39 is 0 Å². The molecule has 2 aromatic rings. The van der Waals surface area contributed by atoms with Crippen molar-refractivity contribution in [1.29, 1.82) is 0 Å². The Morgan fingerprint density at radius 2 is 2.33 bits per heavy atom. The van der Waals surface area contributed by atoms with Gasteiger partial charge in [0.2, 0.25) is 5.91 Å². The van der Waals surface area contributed by atoms with Crippen molar-refractivity contribution >= 4 is 34.2 Å². The fraction of sp³-hybridized carbons (Fsp3) is 0.438. The summed E-state index contributed by atoms with van der Waals surface area (Å²) in [6, 6.07) is 3.74. The van der Waals surface area contributed by atoms with E-state index in [4.69, 9.17) is 16.0 Å². The summed E-state index contributed by atoms with van der Waals surface area (Å²) in [5, 5.41) is 8.17. The highest BCUT2D eigenvalue weighted by Gasteiger charge is 2.28. The van der Waals surface area contributed by atoms with E-state index in [1.165, 1.54) is 0 Å². The Morgan fingerprint density at radius 1 is 1.52 bits per heavy atom. The number of benzene rings is 1. The number of hydrogen-bond donors (Lipinski definition) is 2. The van der Waals surface area contributed by atoms with E-state index in [1.54, 1.807) is 6.26 Å². The fourth-order valence-corrected chi connectivity index (χ4v) is 3.17. The van der Waals surface area contributed by atoms with E-state index in [2.05, 4.69) is 17.6 Å². The van der Waals surface area contributed by atoms with Gasteiger partial charge in [0.25, 0.3) is 0 Å². The molecule has 0 fully saturated rings. The van der Waals surface area contributed by atoms with Crippen LogP contribution in [0.25, 0.3) is 11.0 Å². The molecule has 0 spiro atoms. The van der Waals surface area contributed by atoms with Gasteiger partial charge in [-0.2, -0.15) is 0 Å². The Hall–Kier alpha value is -1.68. The van der Waals surface area contributed by atoms with Crippen LogP contribution in [0, 0.1) is 5.92 Å². The van der Waals surface area contributed by atoms with Crippen molar-refractivity contribution in [3.8, 4) is 0 Å². The summed E-state index contributed by atoms with van der Waals surface area (Å²) in [5.41, 5.74) is 2.89. The largest absolute Gasteiger partial charge is 0.464 e. The van der Waals surface area contributed by atoms with Crippen LogP contribution in [0.3, 0.4) is 0 Å². The number of carbonyl (C=O) groups excluding carboxylic acids is 1. The van der Waals surface area contributed by atoms with Crippen LogP contribution in [0.15, 0.2) is 22.8 Å². The highest BCUT2D eigenvalue weighted by atomic mass is 35.5. The first-order valence-corrected chi connectivity index (χ1v) is 7.69. The molecular formula is C16H19ClN2O2. The maximum Gasteiger partial charge on any atom is 0.219 e. The summed E-state index contributed by atoms with van der Waals surface area (Å²) in [6.07, 6.45) is 2.30. The number of carbonyl (C=O) groups is 1. The molecule has 0 saturated heterocycles. The highest BCUT2D eigenvalue weighted by Crippen LogP contribution is 2.42. The zero-order valence-corrected chi connectivity index (χ0v) is 13.0. The summed E-state index contributed by atoms with van der Waals surface area (Å²) < 4.78 is 5.67. The average Bonchev–Trinajstić information content (AvgIpc) is 2.84. The summed E-state index contributed by atoms with van der Waals surface area (Å²) in [5.74, 6) is 0.658. The smallest absolute Gasteiger partial charge is 0.219 e. The molecule has 1 amide bonds. The van der Waals surface area contributed by atoms with Gasteiger partial charge in [0, 0.05) is 36.4 Å². The molecule has 0 aliphatic carbocycles. The van der Waals surface area contributed by atoms with Gasteiger partial charge in [0.15, 0.2) is 0 Å². The molecule has 2 N–H and O–H groups in total. The van der Waals surface area contributed by atoms with Crippen LogP contribution >= 0.6 is 11.6 Å². The zero-order chi connectivity index (χ0) is 15.0. The second kappa shape index (κ2) is 5.60. The minimum atomic E-state index is 0.0745. The fourth-order valence-electron chi connectivity index (χ4n) is 2.95. The quantitative estimate of drug-likeness (QED) is 0.908. The van der Waals surface area contributed by atoms with Crippen molar-refractivity contribution in [1.82, 2.24) is 5.32 Å². The van der Waals surface area contributed by atoms with Crippen LogP contribution in [0.1, 0.15) is 31.7 Å². The van der Waals surface area contributed by atoms with E-state index in [0.29, 0.717) is 23.9 Å². The molecule has 2 unspecified atom stereocenters. The minimum absolute atomic E-state index is 0.0745. The number of hydrogen-bond acceptors (Lipinski definition) is 3. The van der Waals surface area contributed by atoms with E-state index in [0.717, 1.165) is 28.8 Å². The number of furan rings is 1. The second-order valence-electron chi connectivity index (χ2n) is 5.61. The third-order valence-corrected chi connectivity index (χ3v) is 4.56. The Bertz CT molecular complexity index is 680. The molecule has 0 saturated carbocycles. The molecule has 2 atom stereocenters. The van der Waals surface area contributed by atoms with Gasteiger partial charge >= 0.3 is 0 Å². The standard InChI is InChI=1S/C16H19ClN2O2/c1-3-14(20)18-7-10-9(2)6-19-16-12(17)4-5-13-15(16)11(10)8-21-13/h4-5,8-10,19H,3,6-7H2,1-2H3,(H,18,20). The molecule has 4 nitrogen and oxygen atoms in total. The van der Waals surface area contributed by atoms with Crippen LogP contribution < -0.4 is 10.6 Å². The lowest BCUT2D eigenvalue weighted by molar-refractivity contribution is -0.120. The Morgan fingerprint density at radius 3 is 3.10 bits per heavy atom. The lowest BCUT2D eigenvalue weighted by Gasteiger charge is -2.21. The van der Waals surface area contributed by atoms with Crippen LogP contribution in [-0.4, -0.2) is 19.0 Å². The van der Waals surface area contributed by atoms with Crippen molar-refractivity contribution in [2.24, 2.45) is 5.92 Å². The van der Waals surface area contributed by atoms with Crippen molar-refractivity contribution in [2.45, 2.75) is 26.2 Å². The topological polar surface area (TPSA) is 54.3 Å². The predicted molar refractivity (Wildman–Crippen MR) is 84.9 cm³/mol. The van der Waals surface area contributed by atoms with E-state index in [-0.39, 0.29) is 11.8 Å². The van der Waals surface area contributed by atoms with Gasteiger partial charge in [-0.3, -0.25) is 4.79 Å². The first-order chi connectivity index (χ1) is 10.1. The molecular weight excluding hydrogens is 288 g/mol. The zero-order valence-electron chi connectivity index (χ0n) is 12.2. The normalized spacial score (nSPS) is 20.9. The van der Waals surface area contributed by atoms with Gasteiger partial charge in [0.1, 0.15) is 5.58 Å². The summed E-state index contributed by atoms with van der Waals surface area (Å²) in [7, 11) is 0. The third kappa shape index (κ3) is 2.48. The number of amides is 1. The summed E-state index contributed by atoms with van der Waals surface area (Å²) >= 11 is 6.31. The molecule has 1 aromatic carbocycles. The first kappa shape index (κ1) is 14.3. The van der Waals surface area contributed by atoms with Gasteiger partial charge in [-0.05, 0) is 18.1 Å². The molecule has 0 bridgehead atoms. The van der Waals surface area contributed by atoms with Gasteiger partial charge in [0.05, 0.1) is 17.0 Å². The molecule has 21 heavy (non-hydrogen) atoms. The number of rotatable bonds is 3. The van der Waals surface area contributed by atoms with Crippen LogP contribution in [0.5, 0.6) is 0 Å². The predicted octanol–water partition coefficient (Wildman–Crippen LogP) is 3.76. The summed E-state index contributed by atoms with van der Waals surface area (Å²) in [4.78, 5) is 11.6. The average molecular weight is 307 g/mol. The van der Waals surface area contributed by atoms with Gasteiger partial charge in [-0.15, -0.1) is 0 Å². The maximum absolute atomic E-state index is 11.6. The van der Waals surface area contributed by atoms with Gasteiger partial charge in [-0.25, -0.2) is 0 Å². The van der Waals surface area contributed by atoms with Gasteiger partial charge in [-0.1, -0.05) is 25.4 Å². The first-order valence-electron chi connectivity index (χ1n) is 7.32. The summed E-state index contributed by atoms with van der Waals surface area (Å²) in [6.45, 7) is 5.48. The Balaban J connectivity index is 2.02. The molecule has 1 aromatic heterocycles. The minimum Gasteiger partial charge on any atom is -0.464 e. The highest BCUT2D eigenvalue weighted by molar-refractivity contribution is 6.35. The molecule has 5 heteroatoms. The van der Waals surface area contributed by atoms with Gasteiger partial charge < -0.3 is 15.1 Å². The van der Waals surface area contributed by atoms with E-state index >= 15 is 0 Å². The number of nitrogens with one attached hydrogen (secondary N) is 2. The Kier molecular flexibility index (Phi) is 3.81. The molecule has 1 aliphatic rings. The molecule has 1 aliphatic heterocycles. The second-order valence-corrected chi connectivity index (χ2v) is 6.02. The SMILES string of the molecule is CCC(=O)NCC1c2coc3ccc(Cl)c(c23)NCC1C. The molecule has 112 valence electrons. The number of halogens is 1. The van der Waals surface area contributed by atoms with Crippen molar-refractivity contribution in [3.05, 3.63) is 29.0 Å². The van der Waals surface area contributed by atoms with E-state index in [9.17, 15) is 4.79 Å². The van der Waals surface area contributed by atoms with Crippen LogP contribution in [-0.2, 0) is 4.79 Å². The lowest BCUT2D eigenvalue weighted by Crippen LogP contribution is -2.31. The molecule has 3 rings (SSSR count). The molecule has 2 heterocycles.